The largest absolute Gasteiger partial charge is 0.423 e. The number of amides is 2. The Bertz CT molecular complexity index is 1010. The maximum absolute atomic E-state index is 12.8. The molecule has 1 saturated carbocycles. The van der Waals surface area contributed by atoms with Crippen LogP contribution in [0.1, 0.15) is 36.5 Å². The lowest BCUT2D eigenvalue weighted by atomic mass is 9.76. The topological polar surface area (TPSA) is 107 Å². The summed E-state index contributed by atoms with van der Waals surface area (Å²) in [5.74, 6) is -0.876. The molecular formula is C22H20N2O6. The Morgan fingerprint density at radius 3 is 2.27 bits per heavy atom. The number of nitro benzene ring substituents is 1. The molecule has 30 heavy (non-hydrogen) atoms. The second kappa shape index (κ2) is 7.70. The van der Waals surface area contributed by atoms with Gasteiger partial charge in [0.2, 0.25) is 11.8 Å². The van der Waals surface area contributed by atoms with Crippen LogP contribution in [-0.2, 0) is 9.59 Å². The van der Waals surface area contributed by atoms with Crippen molar-refractivity contribution in [1.82, 2.24) is 0 Å². The van der Waals surface area contributed by atoms with Crippen molar-refractivity contribution in [3.63, 3.8) is 0 Å². The number of carbonyl (C=O) groups is 3. The molecule has 8 nitrogen and oxygen atoms in total. The molecular weight excluding hydrogens is 388 g/mol. The highest BCUT2D eigenvalue weighted by Gasteiger charge is 2.49. The summed E-state index contributed by atoms with van der Waals surface area (Å²) < 4.78 is 5.22. The zero-order valence-electron chi connectivity index (χ0n) is 16.3. The first-order chi connectivity index (χ1) is 14.3. The highest BCUT2D eigenvalue weighted by atomic mass is 16.6. The summed E-state index contributed by atoms with van der Waals surface area (Å²) >= 11 is 0. The molecule has 0 spiro atoms. The maximum Gasteiger partial charge on any atom is 0.343 e. The van der Waals surface area contributed by atoms with Gasteiger partial charge in [-0.3, -0.25) is 24.6 Å². The number of hydrogen-bond donors (Lipinski definition) is 0. The van der Waals surface area contributed by atoms with Crippen molar-refractivity contribution in [2.45, 2.75) is 26.2 Å². The minimum Gasteiger partial charge on any atom is -0.423 e. The van der Waals surface area contributed by atoms with Gasteiger partial charge < -0.3 is 4.74 Å². The van der Waals surface area contributed by atoms with Gasteiger partial charge in [-0.15, -0.1) is 0 Å². The van der Waals surface area contributed by atoms with E-state index in [1.165, 1.54) is 41.3 Å². The molecule has 2 fully saturated rings. The summed E-state index contributed by atoms with van der Waals surface area (Å²) in [4.78, 5) is 49.3. The summed E-state index contributed by atoms with van der Waals surface area (Å²) in [5.41, 5.74) is 0.579. The summed E-state index contributed by atoms with van der Waals surface area (Å²) in [6, 6.07) is 11.3. The highest BCUT2D eigenvalue weighted by Crippen LogP contribution is 2.42. The number of ether oxygens (including phenoxy) is 1. The number of non-ortho nitro benzene ring substituents is 1. The predicted octanol–water partition coefficient (Wildman–Crippen LogP) is 3.74. The summed E-state index contributed by atoms with van der Waals surface area (Å²) in [6.45, 7) is 2.10. The van der Waals surface area contributed by atoms with Crippen molar-refractivity contribution in [3.8, 4) is 5.75 Å². The fraction of sp³-hybridized carbons (Fsp3) is 0.318. The molecule has 4 rings (SSSR count). The number of nitrogens with zero attached hydrogens (tertiary/aromatic N) is 2. The molecule has 2 aromatic rings. The molecule has 154 valence electrons. The molecule has 1 aliphatic heterocycles. The van der Waals surface area contributed by atoms with Crippen LogP contribution in [0.15, 0.2) is 48.5 Å². The quantitative estimate of drug-likeness (QED) is 0.251. The monoisotopic (exact) mass is 408 g/mol. The lowest BCUT2D eigenvalue weighted by Crippen LogP contribution is -2.30. The first-order valence-corrected chi connectivity index (χ1v) is 9.79. The number of benzene rings is 2. The molecule has 1 saturated heterocycles. The van der Waals surface area contributed by atoms with Crippen molar-refractivity contribution in [2.75, 3.05) is 4.90 Å². The van der Waals surface area contributed by atoms with Crippen LogP contribution in [0.5, 0.6) is 5.75 Å². The fourth-order valence-corrected chi connectivity index (χ4v) is 4.19. The average Bonchev–Trinajstić information content (AvgIpc) is 2.98. The van der Waals surface area contributed by atoms with E-state index in [-0.39, 0.29) is 40.7 Å². The summed E-state index contributed by atoms with van der Waals surface area (Å²) in [6.07, 6.45) is 2.40. The Labute approximate surface area is 172 Å². The van der Waals surface area contributed by atoms with Crippen LogP contribution in [0.4, 0.5) is 11.4 Å². The van der Waals surface area contributed by atoms with Gasteiger partial charge >= 0.3 is 5.97 Å². The van der Waals surface area contributed by atoms with E-state index in [1.807, 2.05) is 0 Å². The number of imide groups is 1. The SMILES string of the molecule is C[C@@H]1CC[C@H]2C(=O)N(c3ccc(C(=O)Oc4ccc([N+](=O)[O-])cc4)cc3)C(=O)[C@@H]2C1. The normalized spacial score (nSPS) is 23.2. The van der Waals surface area contributed by atoms with Gasteiger partial charge in [0.15, 0.2) is 0 Å². The van der Waals surface area contributed by atoms with Crippen molar-refractivity contribution in [2.24, 2.45) is 17.8 Å². The smallest absolute Gasteiger partial charge is 0.343 e. The van der Waals surface area contributed by atoms with E-state index < -0.39 is 10.9 Å². The van der Waals surface area contributed by atoms with E-state index in [0.717, 1.165) is 19.3 Å². The van der Waals surface area contributed by atoms with Gasteiger partial charge in [0, 0.05) is 12.1 Å². The van der Waals surface area contributed by atoms with Crippen LogP contribution >= 0.6 is 0 Å². The van der Waals surface area contributed by atoms with Crippen molar-refractivity contribution in [1.29, 1.82) is 0 Å². The van der Waals surface area contributed by atoms with Gasteiger partial charge in [-0.25, -0.2) is 4.79 Å². The van der Waals surface area contributed by atoms with Crippen LogP contribution in [0, 0.1) is 27.9 Å². The Morgan fingerprint density at radius 1 is 1.00 bits per heavy atom. The summed E-state index contributed by atoms with van der Waals surface area (Å²) in [5, 5.41) is 10.7. The van der Waals surface area contributed by atoms with E-state index in [1.54, 1.807) is 12.1 Å². The molecule has 0 bridgehead atoms. The van der Waals surface area contributed by atoms with Crippen molar-refractivity contribution >= 4 is 29.2 Å². The average molecular weight is 408 g/mol. The number of fused-ring (bicyclic) bond motifs is 1. The molecule has 0 radical (unpaired) electrons. The third-order valence-corrected chi connectivity index (χ3v) is 5.81. The molecule has 2 amide bonds. The van der Waals surface area contributed by atoms with E-state index in [4.69, 9.17) is 4.74 Å². The molecule has 0 N–H and O–H groups in total. The first kappa shape index (κ1) is 19.8. The molecule has 8 heteroatoms. The van der Waals surface area contributed by atoms with Crippen molar-refractivity contribution in [3.05, 3.63) is 64.2 Å². The van der Waals surface area contributed by atoms with E-state index in [2.05, 4.69) is 6.92 Å². The number of esters is 1. The molecule has 2 aromatic carbocycles. The van der Waals surface area contributed by atoms with Gasteiger partial charge in [-0.1, -0.05) is 6.92 Å². The Balaban J connectivity index is 1.47. The van der Waals surface area contributed by atoms with Crippen molar-refractivity contribution < 1.29 is 24.0 Å². The van der Waals surface area contributed by atoms with Crippen LogP contribution in [0.3, 0.4) is 0 Å². The Hall–Kier alpha value is -3.55. The maximum atomic E-state index is 12.8. The van der Waals surface area contributed by atoms with Gasteiger partial charge in [0.25, 0.3) is 5.69 Å². The number of carbonyl (C=O) groups excluding carboxylic acids is 3. The van der Waals surface area contributed by atoms with Crippen LogP contribution in [0.2, 0.25) is 0 Å². The minimum absolute atomic E-state index is 0.103. The second-order valence-electron chi connectivity index (χ2n) is 7.83. The highest BCUT2D eigenvalue weighted by molar-refractivity contribution is 6.22. The predicted molar refractivity (Wildman–Crippen MR) is 107 cm³/mol. The number of nitro groups is 1. The molecule has 3 atom stereocenters. The number of rotatable bonds is 4. The first-order valence-electron chi connectivity index (χ1n) is 9.79. The van der Waals surface area contributed by atoms with Gasteiger partial charge in [-0.05, 0) is 61.6 Å². The van der Waals surface area contributed by atoms with E-state index in [0.29, 0.717) is 11.6 Å². The molecule has 0 aromatic heterocycles. The van der Waals surface area contributed by atoms with Crippen LogP contribution < -0.4 is 9.64 Å². The minimum atomic E-state index is -0.642. The lowest BCUT2D eigenvalue weighted by molar-refractivity contribution is -0.384. The molecule has 2 aliphatic rings. The Kier molecular flexibility index (Phi) is 5.07. The zero-order valence-corrected chi connectivity index (χ0v) is 16.3. The van der Waals surface area contributed by atoms with Crippen LogP contribution in [-0.4, -0.2) is 22.7 Å². The Morgan fingerprint density at radius 2 is 1.63 bits per heavy atom. The third kappa shape index (κ3) is 3.56. The fourth-order valence-electron chi connectivity index (χ4n) is 4.19. The molecule has 1 aliphatic carbocycles. The second-order valence-corrected chi connectivity index (χ2v) is 7.83. The zero-order chi connectivity index (χ0) is 21.4. The van der Waals surface area contributed by atoms with Crippen LogP contribution in [0.25, 0.3) is 0 Å². The summed E-state index contributed by atoms with van der Waals surface area (Å²) in [7, 11) is 0. The molecule has 0 unspecified atom stereocenters. The van der Waals surface area contributed by atoms with E-state index >= 15 is 0 Å². The lowest BCUT2D eigenvalue weighted by Gasteiger charge is -2.25. The molecule has 1 heterocycles. The van der Waals surface area contributed by atoms with E-state index in [9.17, 15) is 24.5 Å². The third-order valence-electron chi connectivity index (χ3n) is 5.81. The van der Waals surface area contributed by atoms with Gasteiger partial charge in [0.1, 0.15) is 5.75 Å². The van der Waals surface area contributed by atoms with Gasteiger partial charge in [-0.2, -0.15) is 0 Å². The van der Waals surface area contributed by atoms with Gasteiger partial charge in [0.05, 0.1) is 28.0 Å². The standard InChI is InChI=1S/C22H20N2O6/c1-13-2-11-18-19(12-13)21(26)23(20(18)25)15-5-3-14(4-6-15)22(27)30-17-9-7-16(8-10-17)24(28)29/h3-10,13,18-19H,2,11-12H2,1H3/t13-,18-,19-/m1/s1. The number of anilines is 1. The number of hydrogen-bond acceptors (Lipinski definition) is 6.